The van der Waals surface area contributed by atoms with Gasteiger partial charge in [0.2, 0.25) is 18.4 Å². The van der Waals surface area contributed by atoms with Gasteiger partial charge in [-0.25, -0.2) is 0 Å². The number of rotatable bonds is 2. The Kier molecular flexibility index (Phi) is 3.11. The van der Waals surface area contributed by atoms with Crippen LogP contribution in [0.4, 0.5) is 5.82 Å². The molecular formula is C14H13N3O4S. The molecule has 22 heavy (non-hydrogen) atoms. The van der Waals surface area contributed by atoms with Crippen LogP contribution in [0.15, 0.2) is 18.3 Å². The number of hydrogen-bond donors (Lipinski definition) is 2. The second-order valence-corrected chi connectivity index (χ2v) is 5.99. The van der Waals surface area contributed by atoms with Crippen LogP contribution >= 0.6 is 11.8 Å². The number of thioether (sulfide) groups is 1. The Labute approximate surface area is 130 Å². The molecule has 0 saturated carbocycles. The Morgan fingerprint density at radius 1 is 1.41 bits per heavy atom. The van der Waals surface area contributed by atoms with E-state index in [-0.39, 0.29) is 18.0 Å². The second-order valence-electron chi connectivity index (χ2n) is 4.90. The molecule has 7 nitrogen and oxygen atoms in total. The first kappa shape index (κ1) is 13.3. The monoisotopic (exact) mass is 319 g/mol. The van der Waals surface area contributed by atoms with Gasteiger partial charge < -0.3 is 19.5 Å². The smallest absolute Gasteiger partial charge is 0.235 e. The third-order valence-electron chi connectivity index (χ3n) is 3.58. The van der Waals surface area contributed by atoms with Crippen molar-refractivity contribution in [2.75, 3.05) is 25.0 Å². The Hall–Kier alpha value is -2.35. The van der Waals surface area contributed by atoms with Crippen LogP contribution in [0.1, 0.15) is 16.4 Å². The number of hydrogen-bond acceptors (Lipinski definition) is 6. The maximum atomic E-state index is 11.8. The Morgan fingerprint density at radius 3 is 3.18 bits per heavy atom. The molecule has 1 amide bonds. The van der Waals surface area contributed by atoms with Crippen molar-refractivity contribution >= 4 is 23.5 Å². The van der Waals surface area contributed by atoms with E-state index in [0.29, 0.717) is 28.8 Å². The molecule has 0 unspecified atom stereocenters. The maximum absolute atomic E-state index is 11.8. The summed E-state index contributed by atoms with van der Waals surface area (Å²) in [5.41, 5.74) is 1.90. The zero-order chi connectivity index (χ0) is 15.1. The topological polar surface area (TPSA) is 85.5 Å². The minimum absolute atomic E-state index is 0.0453. The van der Waals surface area contributed by atoms with E-state index in [4.69, 9.17) is 14.2 Å². The number of anilines is 1. The molecule has 2 N–H and O–H groups in total. The quantitative estimate of drug-likeness (QED) is 0.879. The number of aromatic nitrogens is 2. The van der Waals surface area contributed by atoms with E-state index < -0.39 is 0 Å². The van der Waals surface area contributed by atoms with E-state index in [2.05, 4.69) is 15.5 Å². The number of H-pyrrole nitrogens is 1. The van der Waals surface area contributed by atoms with Crippen LogP contribution in [0.2, 0.25) is 0 Å². The molecule has 2 aromatic rings. The van der Waals surface area contributed by atoms with Gasteiger partial charge in [-0.1, -0.05) is 0 Å². The van der Waals surface area contributed by atoms with Crippen molar-refractivity contribution in [1.82, 2.24) is 10.2 Å². The third kappa shape index (κ3) is 2.07. The van der Waals surface area contributed by atoms with Gasteiger partial charge in [0.25, 0.3) is 0 Å². The van der Waals surface area contributed by atoms with E-state index in [1.165, 1.54) is 11.8 Å². The first-order valence-corrected chi connectivity index (χ1v) is 7.73. The van der Waals surface area contributed by atoms with Crippen LogP contribution in [0, 0.1) is 0 Å². The Bertz CT molecular complexity index is 746. The molecule has 0 spiro atoms. The van der Waals surface area contributed by atoms with Crippen molar-refractivity contribution in [3.8, 4) is 17.2 Å². The van der Waals surface area contributed by atoms with Gasteiger partial charge in [0.1, 0.15) is 5.82 Å². The lowest BCUT2D eigenvalue weighted by Gasteiger charge is -2.16. The van der Waals surface area contributed by atoms with Gasteiger partial charge in [0.15, 0.2) is 11.5 Å². The largest absolute Gasteiger partial charge is 0.493 e. The summed E-state index contributed by atoms with van der Waals surface area (Å²) < 4.78 is 16.3. The number of carbonyl (C=O) groups excluding carboxylic acids is 1. The second kappa shape index (κ2) is 5.13. The van der Waals surface area contributed by atoms with Crippen molar-refractivity contribution in [3.63, 3.8) is 0 Å². The minimum Gasteiger partial charge on any atom is -0.493 e. The molecule has 8 heteroatoms. The standard InChI is InChI=1S/C14H13N3O4S/c1-19-9-2-7(3-10-12(9)21-6-20-10)13-8-4-15-17-14(8)16-11(18)5-22-13/h2-4,13H,5-6H2,1H3,(H2,15,16,17,18)/t13-/m1/s1. The van der Waals surface area contributed by atoms with Crippen LogP contribution in [0.3, 0.4) is 0 Å². The molecule has 1 aromatic carbocycles. The molecule has 3 heterocycles. The normalized spacial score (nSPS) is 19.3. The molecule has 0 radical (unpaired) electrons. The van der Waals surface area contributed by atoms with Gasteiger partial charge >= 0.3 is 0 Å². The molecule has 0 fully saturated rings. The first-order chi connectivity index (χ1) is 10.8. The fraction of sp³-hybridized carbons (Fsp3) is 0.286. The summed E-state index contributed by atoms with van der Waals surface area (Å²) in [5, 5.41) is 9.63. The summed E-state index contributed by atoms with van der Waals surface area (Å²) in [6.07, 6.45) is 1.73. The lowest BCUT2D eigenvalue weighted by molar-refractivity contribution is -0.113. The zero-order valence-electron chi connectivity index (χ0n) is 11.7. The van der Waals surface area contributed by atoms with Crippen molar-refractivity contribution in [2.45, 2.75) is 5.25 Å². The predicted molar refractivity (Wildman–Crippen MR) is 80.6 cm³/mol. The van der Waals surface area contributed by atoms with Gasteiger partial charge in [-0.2, -0.15) is 5.10 Å². The van der Waals surface area contributed by atoms with E-state index in [1.54, 1.807) is 13.3 Å². The first-order valence-electron chi connectivity index (χ1n) is 6.68. The molecule has 2 aliphatic rings. The fourth-order valence-electron chi connectivity index (χ4n) is 2.60. The summed E-state index contributed by atoms with van der Waals surface area (Å²) in [5.74, 6) is 2.85. The molecule has 114 valence electrons. The number of ether oxygens (including phenoxy) is 3. The summed E-state index contributed by atoms with van der Waals surface area (Å²) in [6, 6.07) is 3.84. The predicted octanol–water partition coefficient (Wildman–Crippen LogP) is 1.92. The van der Waals surface area contributed by atoms with Gasteiger partial charge in [-0.05, 0) is 17.7 Å². The van der Waals surface area contributed by atoms with Crippen molar-refractivity contribution in [2.24, 2.45) is 0 Å². The van der Waals surface area contributed by atoms with Crippen LogP contribution in [0.25, 0.3) is 0 Å². The average molecular weight is 319 g/mol. The van der Waals surface area contributed by atoms with Gasteiger partial charge in [-0.3, -0.25) is 9.89 Å². The molecule has 0 saturated heterocycles. The lowest BCUT2D eigenvalue weighted by Crippen LogP contribution is -2.12. The summed E-state index contributed by atoms with van der Waals surface area (Å²) >= 11 is 1.53. The van der Waals surface area contributed by atoms with Crippen molar-refractivity contribution in [1.29, 1.82) is 0 Å². The van der Waals surface area contributed by atoms with Crippen LogP contribution in [0.5, 0.6) is 17.2 Å². The number of carbonyl (C=O) groups is 1. The van der Waals surface area contributed by atoms with Crippen LogP contribution < -0.4 is 19.5 Å². The van der Waals surface area contributed by atoms with E-state index in [9.17, 15) is 4.79 Å². The molecule has 2 aliphatic heterocycles. The van der Waals surface area contributed by atoms with Gasteiger partial charge in [-0.15, -0.1) is 11.8 Å². The number of nitrogens with zero attached hydrogens (tertiary/aromatic N) is 1. The van der Waals surface area contributed by atoms with Crippen molar-refractivity contribution in [3.05, 3.63) is 29.5 Å². The van der Waals surface area contributed by atoms with E-state index in [0.717, 1.165) is 11.1 Å². The molecule has 0 bridgehead atoms. The molecule has 4 rings (SSSR count). The summed E-state index contributed by atoms with van der Waals surface area (Å²) in [7, 11) is 1.59. The molecule has 1 atom stereocenters. The number of methoxy groups -OCH3 is 1. The number of fused-ring (bicyclic) bond motifs is 2. The molecule has 0 aliphatic carbocycles. The van der Waals surface area contributed by atoms with Gasteiger partial charge in [0, 0.05) is 5.56 Å². The molecule has 1 aromatic heterocycles. The Morgan fingerprint density at radius 2 is 2.32 bits per heavy atom. The minimum atomic E-state index is -0.0503. The van der Waals surface area contributed by atoms with E-state index in [1.807, 2.05) is 12.1 Å². The van der Waals surface area contributed by atoms with Crippen LogP contribution in [-0.4, -0.2) is 35.8 Å². The highest BCUT2D eigenvalue weighted by molar-refractivity contribution is 8.00. The van der Waals surface area contributed by atoms with Crippen molar-refractivity contribution < 1.29 is 19.0 Å². The number of aromatic amines is 1. The average Bonchev–Trinajstić information content (AvgIpc) is 3.13. The summed E-state index contributed by atoms with van der Waals surface area (Å²) in [6.45, 7) is 0.184. The number of nitrogens with one attached hydrogen (secondary N) is 2. The van der Waals surface area contributed by atoms with Gasteiger partial charge in [0.05, 0.1) is 24.3 Å². The third-order valence-corrected chi connectivity index (χ3v) is 4.87. The Balaban J connectivity index is 1.81. The highest BCUT2D eigenvalue weighted by Crippen LogP contribution is 2.48. The fourth-order valence-corrected chi connectivity index (χ4v) is 3.67. The highest BCUT2D eigenvalue weighted by Gasteiger charge is 2.29. The number of amides is 1. The molecular weight excluding hydrogens is 306 g/mol. The lowest BCUT2D eigenvalue weighted by atomic mass is 10.1. The summed E-state index contributed by atoms with van der Waals surface area (Å²) in [4.78, 5) is 11.8. The van der Waals surface area contributed by atoms with Crippen LogP contribution in [-0.2, 0) is 4.79 Å². The maximum Gasteiger partial charge on any atom is 0.235 e. The zero-order valence-corrected chi connectivity index (χ0v) is 12.5. The number of benzene rings is 1. The highest BCUT2D eigenvalue weighted by atomic mass is 32.2. The van der Waals surface area contributed by atoms with E-state index >= 15 is 0 Å². The SMILES string of the molecule is COc1cc([C@H]2SCC(=O)Nc3[nH]ncc32)cc2c1OCO2.